The Kier molecular flexibility index (Phi) is 3.09. The van der Waals surface area contributed by atoms with Gasteiger partial charge in [0.1, 0.15) is 5.41 Å². The van der Waals surface area contributed by atoms with Crippen LogP contribution in [0.2, 0.25) is 0 Å². The molecule has 4 nitrogen and oxygen atoms in total. The lowest BCUT2D eigenvalue weighted by Gasteiger charge is -2.37. The average Bonchev–Trinajstić information content (AvgIpc) is 3.15. The van der Waals surface area contributed by atoms with Crippen LogP contribution in [0.25, 0.3) is 16.5 Å². The third-order valence-electron chi connectivity index (χ3n) is 6.60. The first-order valence-corrected chi connectivity index (χ1v) is 9.93. The van der Waals surface area contributed by atoms with Gasteiger partial charge in [-0.15, -0.1) is 0 Å². The first-order chi connectivity index (χ1) is 14.5. The molecule has 0 amide bonds. The summed E-state index contributed by atoms with van der Waals surface area (Å²) >= 11 is 0. The molecule has 0 bridgehead atoms. The van der Waals surface area contributed by atoms with Gasteiger partial charge in [-0.05, 0) is 30.2 Å². The fourth-order valence-corrected chi connectivity index (χ4v) is 5.62. The van der Waals surface area contributed by atoms with Gasteiger partial charge in [-0.1, -0.05) is 60.7 Å². The summed E-state index contributed by atoms with van der Waals surface area (Å²) in [5.74, 6) is -0.611. The Morgan fingerprint density at radius 1 is 0.867 bits per heavy atom. The molecule has 3 aliphatic rings. The molecule has 1 spiro atoms. The lowest BCUT2D eigenvalue weighted by atomic mass is 9.64. The van der Waals surface area contributed by atoms with Crippen LogP contribution >= 0.6 is 0 Å². The third-order valence-corrected chi connectivity index (χ3v) is 6.60. The molecule has 1 unspecified atom stereocenters. The van der Waals surface area contributed by atoms with Crippen molar-refractivity contribution in [2.24, 2.45) is 0 Å². The maximum absolute atomic E-state index is 14.2. The van der Waals surface area contributed by atoms with E-state index >= 15 is 0 Å². The number of dihydropyridines is 1. The topological polar surface area (TPSA) is 63.2 Å². The molecule has 1 atom stereocenters. The fourth-order valence-electron chi connectivity index (χ4n) is 5.62. The summed E-state index contributed by atoms with van der Waals surface area (Å²) in [7, 11) is 0. The van der Waals surface area contributed by atoms with Crippen LogP contribution in [0.5, 0.6) is 0 Å². The van der Waals surface area contributed by atoms with Gasteiger partial charge in [0.25, 0.3) is 0 Å². The monoisotopic (exact) mass is 391 g/mol. The van der Waals surface area contributed by atoms with E-state index in [1.165, 1.54) is 6.92 Å². The van der Waals surface area contributed by atoms with Gasteiger partial charge >= 0.3 is 0 Å². The third kappa shape index (κ3) is 1.71. The average molecular weight is 391 g/mol. The lowest BCUT2D eigenvalue weighted by Crippen LogP contribution is -2.46. The van der Waals surface area contributed by atoms with Crippen molar-refractivity contribution < 1.29 is 14.4 Å². The summed E-state index contributed by atoms with van der Waals surface area (Å²) in [6.07, 6.45) is 0. The van der Waals surface area contributed by atoms with Crippen molar-refractivity contribution in [3.05, 3.63) is 99.8 Å². The molecule has 2 aliphatic carbocycles. The van der Waals surface area contributed by atoms with Crippen molar-refractivity contribution in [2.45, 2.75) is 19.3 Å². The quantitative estimate of drug-likeness (QED) is 0.670. The number of nitrogens with one attached hydrogen (secondary N) is 1. The van der Waals surface area contributed by atoms with E-state index in [0.29, 0.717) is 33.7 Å². The van der Waals surface area contributed by atoms with Gasteiger partial charge in [-0.3, -0.25) is 14.4 Å². The molecule has 6 rings (SSSR count). The molecule has 3 aromatic carbocycles. The van der Waals surface area contributed by atoms with Crippen LogP contribution in [0.3, 0.4) is 0 Å². The number of ketones is 3. The van der Waals surface area contributed by atoms with Crippen LogP contribution in [-0.2, 0) is 10.2 Å². The second-order valence-corrected chi connectivity index (χ2v) is 8.09. The number of hydrogen-bond acceptors (Lipinski definition) is 4. The standard InChI is InChI=1S/C26H17NO3/c1-13-21(14(2)28)26(22-23(27-13)16-9-3-4-10-17(16)24(22)29)19-12-6-8-15-7-5-11-18(20(15)19)25(26)30/h3-12,27H,1-2H3. The normalized spacial score (nSPS) is 21.4. The molecule has 0 fully saturated rings. The number of fused-ring (bicyclic) bond motifs is 4. The Morgan fingerprint density at radius 3 is 2.27 bits per heavy atom. The Morgan fingerprint density at radius 2 is 1.53 bits per heavy atom. The summed E-state index contributed by atoms with van der Waals surface area (Å²) in [4.78, 5) is 40.8. The van der Waals surface area contributed by atoms with Gasteiger partial charge < -0.3 is 5.32 Å². The highest BCUT2D eigenvalue weighted by Gasteiger charge is 2.60. The molecule has 3 aromatic rings. The number of rotatable bonds is 1. The molecule has 0 radical (unpaired) electrons. The summed E-state index contributed by atoms with van der Waals surface area (Å²) < 4.78 is 0. The van der Waals surface area contributed by atoms with E-state index < -0.39 is 5.41 Å². The lowest BCUT2D eigenvalue weighted by molar-refractivity contribution is -0.114. The van der Waals surface area contributed by atoms with E-state index in [1.807, 2.05) is 55.5 Å². The maximum atomic E-state index is 14.2. The summed E-state index contributed by atoms with van der Waals surface area (Å²) in [6.45, 7) is 3.28. The Hall–Kier alpha value is -3.79. The van der Waals surface area contributed by atoms with Crippen LogP contribution in [0.4, 0.5) is 0 Å². The van der Waals surface area contributed by atoms with Gasteiger partial charge in [0.2, 0.25) is 0 Å². The van der Waals surface area contributed by atoms with Gasteiger partial charge in [0.05, 0.1) is 5.70 Å². The minimum absolute atomic E-state index is 0.197. The largest absolute Gasteiger partial charge is 0.358 e. The molecule has 1 aliphatic heterocycles. The van der Waals surface area contributed by atoms with Gasteiger partial charge in [0.15, 0.2) is 17.3 Å². The van der Waals surface area contributed by atoms with Crippen molar-refractivity contribution >= 4 is 33.8 Å². The van der Waals surface area contributed by atoms with Crippen molar-refractivity contribution in [2.75, 3.05) is 0 Å². The molecule has 0 saturated carbocycles. The first-order valence-electron chi connectivity index (χ1n) is 9.93. The van der Waals surface area contributed by atoms with E-state index in [1.54, 1.807) is 12.1 Å². The van der Waals surface area contributed by atoms with Crippen molar-refractivity contribution in [1.82, 2.24) is 5.32 Å². The molecule has 0 saturated heterocycles. The molecule has 0 aromatic heterocycles. The van der Waals surface area contributed by atoms with E-state index in [-0.39, 0.29) is 17.3 Å². The van der Waals surface area contributed by atoms with E-state index in [2.05, 4.69) is 5.32 Å². The number of carbonyl (C=O) groups is 3. The second-order valence-electron chi connectivity index (χ2n) is 8.09. The maximum Gasteiger partial charge on any atom is 0.193 e. The number of benzene rings is 3. The van der Waals surface area contributed by atoms with Gasteiger partial charge in [0, 0.05) is 33.5 Å². The summed E-state index contributed by atoms with van der Waals surface area (Å²) in [5, 5.41) is 5.05. The molecular weight excluding hydrogens is 374 g/mol. The minimum atomic E-state index is -1.42. The second kappa shape index (κ2) is 5.42. The molecular formula is C26H17NO3. The van der Waals surface area contributed by atoms with Crippen LogP contribution in [0.15, 0.2) is 77.5 Å². The zero-order chi connectivity index (χ0) is 20.8. The number of hydrogen-bond donors (Lipinski definition) is 1. The highest BCUT2D eigenvalue weighted by Crippen LogP contribution is 2.57. The molecule has 4 heteroatoms. The number of carbonyl (C=O) groups excluding carboxylic acids is 3. The van der Waals surface area contributed by atoms with Crippen LogP contribution in [-0.4, -0.2) is 17.3 Å². The van der Waals surface area contributed by atoms with Crippen molar-refractivity contribution in [3.8, 4) is 0 Å². The molecule has 30 heavy (non-hydrogen) atoms. The van der Waals surface area contributed by atoms with Crippen molar-refractivity contribution in [3.63, 3.8) is 0 Å². The highest BCUT2D eigenvalue weighted by molar-refractivity contribution is 6.35. The summed E-state index contributed by atoms with van der Waals surface area (Å²) in [5.41, 5.74) is 3.17. The van der Waals surface area contributed by atoms with E-state index in [4.69, 9.17) is 0 Å². The van der Waals surface area contributed by atoms with E-state index in [0.717, 1.165) is 21.9 Å². The summed E-state index contributed by atoms with van der Waals surface area (Å²) in [6, 6.07) is 18.7. The number of Topliss-reactive ketones (excluding diaryl/α,β-unsaturated/α-hetero) is 3. The number of allylic oxidation sites excluding steroid dienone is 3. The van der Waals surface area contributed by atoms with Gasteiger partial charge in [-0.2, -0.15) is 0 Å². The highest BCUT2D eigenvalue weighted by atomic mass is 16.1. The predicted octanol–water partition coefficient (Wildman–Crippen LogP) is 4.35. The van der Waals surface area contributed by atoms with Crippen LogP contribution in [0, 0.1) is 0 Å². The molecule has 1 N–H and O–H groups in total. The molecule has 1 heterocycles. The smallest absolute Gasteiger partial charge is 0.193 e. The van der Waals surface area contributed by atoms with Crippen molar-refractivity contribution in [1.29, 1.82) is 0 Å². The zero-order valence-electron chi connectivity index (χ0n) is 16.5. The zero-order valence-corrected chi connectivity index (χ0v) is 16.5. The Bertz CT molecular complexity index is 1430. The Labute approximate surface area is 172 Å². The first kappa shape index (κ1) is 17.1. The Balaban J connectivity index is 1.81. The SMILES string of the molecule is CC(=O)C1=C(C)NC2=C(C(=O)c3ccccc32)C12C(=O)c1cccc3cccc2c13. The fraction of sp³-hybridized carbons (Fsp3) is 0.115. The van der Waals surface area contributed by atoms with E-state index in [9.17, 15) is 14.4 Å². The van der Waals surface area contributed by atoms with Crippen LogP contribution < -0.4 is 5.32 Å². The van der Waals surface area contributed by atoms with Crippen LogP contribution in [0.1, 0.15) is 45.7 Å². The van der Waals surface area contributed by atoms with Gasteiger partial charge in [-0.25, -0.2) is 0 Å². The predicted molar refractivity (Wildman–Crippen MR) is 114 cm³/mol. The minimum Gasteiger partial charge on any atom is -0.358 e. The molecule has 144 valence electrons.